The number of benzene rings is 2. The smallest absolute Gasteiger partial charge is 0.395 e. The monoisotopic (exact) mass is 424 g/mol. The van der Waals surface area contributed by atoms with Crippen LogP contribution >= 0.6 is 0 Å². The van der Waals surface area contributed by atoms with Crippen LogP contribution in [0.5, 0.6) is 0 Å². The highest BCUT2D eigenvalue weighted by molar-refractivity contribution is 6.39. The number of anilines is 2. The third-order valence-electron chi connectivity index (χ3n) is 4.62. The fourth-order valence-electron chi connectivity index (χ4n) is 3.16. The van der Waals surface area contributed by atoms with E-state index >= 15 is 0 Å². The third-order valence-corrected chi connectivity index (χ3v) is 4.62. The molecule has 3 rings (SSSR count). The minimum atomic E-state index is -1.75. The highest BCUT2D eigenvalue weighted by Gasteiger charge is 2.29. The summed E-state index contributed by atoms with van der Waals surface area (Å²) in [5, 5.41) is 18.9. The van der Waals surface area contributed by atoms with E-state index in [0.717, 1.165) is 11.3 Å². The van der Waals surface area contributed by atoms with Crippen molar-refractivity contribution in [1.29, 1.82) is 0 Å². The zero-order valence-electron chi connectivity index (χ0n) is 16.4. The molecule has 1 fully saturated rings. The van der Waals surface area contributed by atoms with Crippen molar-refractivity contribution >= 4 is 41.2 Å². The Balaban J connectivity index is 2.04. The van der Waals surface area contributed by atoms with Crippen LogP contribution < -0.4 is 4.90 Å². The van der Waals surface area contributed by atoms with Crippen LogP contribution in [0.1, 0.15) is 22.3 Å². The average molecular weight is 424 g/mol. The summed E-state index contributed by atoms with van der Waals surface area (Å²) < 4.78 is 5.27. The summed E-state index contributed by atoms with van der Waals surface area (Å²) in [4.78, 5) is 50.5. The van der Waals surface area contributed by atoms with Crippen molar-refractivity contribution in [3.05, 3.63) is 65.7 Å². The topological polar surface area (TPSA) is 124 Å². The summed E-state index contributed by atoms with van der Waals surface area (Å²) in [6.45, 7) is 1.33. The number of carboxylic acids is 2. The van der Waals surface area contributed by atoms with E-state index in [1.807, 2.05) is 0 Å². The Hall–Kier alpha value is -3.98. The fourth-order valence-corrected chi connectivity index (χ4v) is 3.16. The van der Waals surface area contributed by atoms with Gasteiger partial charge >= 0.3 is 17.8 Å². The molecule has 9 heteroatoms. The standard InChI is InChI=1S/C22H20N2O7/c25-19(23-12-5-13-31-14-23)11-10-15-6-1-3-8-17(15)24(20(26)22(29)30)18-9-4-2-7-16(18)21(27)28/h1-4,6-11H,5,12-14H2,(H,27,28)(H,29,30). The average Bonchev–Trinajstić information content (AvgIpc) is 2.79. The SMILES string of the molecule is O=C(O)C(=O)N(c1ccccc1C=CC(=O)N1CCCOC1)c1ccccc1C(=O)O. The second-order valence-corrected chi connectivity index (χ2v) is 6.65. The van der Waals surface area contributed by atoms with Gasteiger partial charge in [-0.15, -0.1) is 0 Å². The van der Waals surface area contributed by atoms with Gasteiger partial charge in [0.2, 0.25) is 5.91 Å². The second-order valence-electron chi connectivity index (χ2n) is 6.65. The number of carboxylic acid groups (broad SMARTS) is 2. The largest absolute Gasteiger partial charge is 0.478 e. The number of carbonyl (C=O) groups is 4. The fraction of sp³-hybridized carbons (Fsp3) is 0.182. The first kappa shape index (κ1) is 21.7. The van der Waals surface area contributed by atoms with E-state index in [1.54, 1.807) is 18.2 Å². The lowest BCUT2D eigenvalue weighted by atomic mass is 10.1. The Labute approximate surface area is 177 Å². The molecule has 0 saturated carbocycles. The Morgan fingerprint density at radius 3 is 2.29 bits per heavy atom. The molecule has 1 saturated heterocycles. The van der Waals surface area contributed by atoms with Crippen molar-refractivity contribution in [3.63, 3.8) is 0 Å². The lowest BCUT2D eigenvalue weighted by Crippen LogP contribution is -2.37. The van der Waals surface area contributed by atoms with Crippen molar-refractivity contribution in [2.24, 2.45) is 0 Å². The van der Waals surface area contributed by atoms with Crippen LogP contribution in [0.25, 0.3) is 6.08 Å². The summed E-state index contributed by atoms with van der Waals surface area (Å²) in [5.74, 6) is -4.69. The first-order valence-corrected chi connectivity index (χ1v) is 9.43. The summed E-state index contributed by atoms with van der Waals surface area (Å²) in [6, 6.07) is 11.9. The van der Waals surface area contributed by atoms with Crippen LogP contribution in [0.3, 0.4) is 0 Å². The van der Waals surface area contributed by atoms with Crippen LogP contribution in [0.15, 0.2) is 54.6 Å². The molecule has 0 aromatic heterocycles. The molecular weight excluding hydrogens is 404 g/mol. The van der Waals surface area contributed by atoms with E-state index < -0.39 is 17.8 Å². The maximum Gasteiger partial charge on any atom is 0.395 e. The number of hydrogen-bond donors (Lipinski definition) is 2. The van der Waals surface area contributed by atoms with Crippen molar-refractivity contribution < 1.29 is 34.1 Å². The highest BCUT2D eigenvalue weighted by atomic mass is 16.5. The molecule has 1 aliphatic heterocycles. The number of hydrogen-bond acceptors (Lipinski definition) is 5. The first-order valence-electron chi connectivity index (χ1n) is 9.43. The van der Waals surface area contributed by atoms with Crippen LogP contribution in [0.2, 0.25) is 0 Å². The highest BCUT2D eigenvalue weighted by Crippen LogP contribution is 2.32. The van der Waals surface area contributed by atoms with Gasteiger partial charge in [0.05, 0.1) is 23.5 Å². The number of nitrogens with zero attached hydrogens (tertiary/aromatic N) is 2. The zero-order chi connectivity index (χ0) is 22.4. The van der Waals surface area contributed by atoms with Gasteiger partial charge in [-0.25, -0.2) is 9.59 Å². The number of para-hydroxylation sites is 2. The predicted octanol–water partition coefficient (Wildman–Crippen LogP) is 2.35. The summed E-state index contributed by atoms with van der Waals surface area (Å²) >= 11 is 0. The van der Waals surface area contributed by atoms with Gasteiger partial charge in [0.25, 0.3) is 0 Å². The van der Waals surface area contributed by atoms with Gasteiger partial charge in [-0.2, -0.15) is 0 Å². The van der Waals surface area contributed by atoms with Gasteiger partial charge in [0.1, 0.15) is 6.73 Å². The molecule has 2 aromatic carbocycles. The van der Waals surface area contributed by atoms with Crippen LogP contribution in [-0.2, 0) is 19.1 Å². The predicted molar refractivity (Wildman–Crippen MR) is 111 cm³/mol. The Morgan fingerprint density at radius 1 is 0.968 bits per heavy atom. The number of aliphatic carboxylic acids is 1. The molecule has 0 spiro atoms. The van der Waals surface area contributed by atoms with Crippen molar-refractivity contribution in [2.45, 2.75) is 6.42 Å². The summed E-state index contributed by atoms with van der Waals surface area (Å²) in [7, 11) is 0. The summed E-state index contributed by atoms with van der Waals surface area (Å²) in [5.41, 5.74) is 0.155. The minimum Gasteiger partial charge on any atom is -0.478 e. The second kappa shape index (κ2) is 9.68. The van der Waals surface area contributed by atoms with Crippen LogP contribution in [0, 0.1) is 0 Å². The molecule has 1 aliphatic rings. The van der Waals surface area contributed by atoms with E-state index in [9.17, 15) is 29.4 Å². The Morgan fingerprint density at radius 2 is 1.65 bits per heavy atom. The molecule has 0 radical (unpaired) electrons. The normalized spacial score (nSPS) is 13.7. The van der Waals surface area contributed by atoms with Gasteiger partial charge in [-0.05, 0) is 36.3 Å². The number of aromatic carboxylic acids is 1. The maximum atomic E-state index is 12.6. The molecule has 0 unspecified atom stereocenters. The van der Waals surface area contributed by atoms with Crippen molar-refractivity contribution in [3.8, 4) is 0 Å². The molecule has 2 amide bonds. The van der Waals surface area contributed by atoms with Crippen molar-refractivity contribution in [2.75, 3.05) is 24.8 Å². The minimum absolute atomic E-state index is 0.0981. The third kappa shape index (κ3) is 4.96. The molecule has 160 valence electrons. The summed E-state index contributed by atoms with van der Waals surface area (Å²) in [6.07, 6.45) is 3.49. The Kier molecular flexibility index (Phi) is 6.78. The molecule has 9 nitrogen and oxygen atoms in total. The molecule has 2 N–H and O–H groups in total. The number of amides is 2. The molecule has 0 bridgehead atoms. The Bertz CT molecular complexity index is 1040. The number of carbonyl (C=O) groups excluding carboxylic acids is 2. The lowest BCUT2D eigenvalue weighted by molar-refractivity contribution is -0.148. The van der Waals surface area contributed by atoms with E-state index in [0.29, 0.717) is 18.7 Å². The van der Waals surface area contributed by atoms with Gasteiger partial charge in [-0.1, -0.05) is 30.3 Å². The van der Waals surface area contributed by atoms with Crippen molar-refractivity contribution in [1.82, 2.24) is 4.90 Å². The van der Waals surface area contributed by atoms with Gasteiger partial charge < -0.3 is 19.8 Å². The molecule has 1 heterocycles. The zero-order valence-corrected chi connectivity index (χ0v) is 16.4. The molecule has 2 aromatic rings. The number of ether oxygens (including phenoxy) is 1. The molecular formula is C22H20N2O7. The van der Waals surface area contributed by atoms with Crippen LogP contribution in [-0.4, -0.2) is 58.7 Å². The lowest BCUT2D eigenvalue weighted by Gasteiger charge is -2.26. The van der Waals surface area contributed by atoms with Gasteiger partial charge in [0, 0.05) is 12.6 Å². The number of rotatable bonds is 5. The molecule has 0 atom stereocenters. The van der Waals surface area contributed by atoms with E-state index in [-0.39, 0.29) is 29.6 Å². The molecule has 31 heavy (non-hydrogen) atoms. The quantitative estimate of drug-likeness (QED) is 0.558. The maximum absolute atomic E-state index is 12.6. The van der Waals surface area contributed by atoms with E-state index in [2.05, 4.69) is 0 Å². The van der Waals surface area contributed by atoms with Gasteiger partial charge in [0.15, 0.2) is 0 Å². The first-order chi connectivity index (χ1) is 14.9. The van der Waals surface area contributed by atoms with Gasteiger partial charge in [-0.3, -0.25) is 14.5 Å². The van der Waals surface area contributed by atoms with E-state index in [1.165, 1.54) is 47.4 Å². The van der Waals surface area contributed by atoms with E-state index in [4.69, 9.17) is 4.74 Å². The molecule has 0 aliphatic carbocycles. The van der Waals surface area contributed by atoms with Crippen LogP contribution in [0.4, 0.5) is 11.4 Å².